The van der Waals surface area contributed by atoms with Gasteiger partial charge in [0, 0.05) is 56.3 Å². The van der Waals surface area contributed by atoms with E-state index >= 15 is 0 Å². The third-order valence-electron chi connectivity index (χ3n) is 8.14. The van der Waals surface area contributed by atoms with Crippen LogP contribution in [0.5, 0.6) is 5.75 Å². The van der Waals surface area contributed by atoms with Crippen molar-refractivity contribution < 1.29 is 32.6 Å². The van der Waals surface area contributed by atoms with E-state index in [0.717, 1.165) is 12.8 Å². The Morgan fingerprint density at radius 2 is 1.83 bits per heavy atom. The van der Waals surface area contributed by atoms with Gasteiger partial charge in [-0.15, -0.1) is 0 Å². The summed E-state index contributed by atoms with van der Waals surface area (Å²) in [5.74, 6) is -0.682. The van der Waals surface area contributed by atoms with Crippen molar-refractivity contribution in [2.45, 2.75) is 63.2 Å². The highest BCUT2D eigenvalue weighted by molar-refractivity contribution is 7.89. The summed E-state index contributed by atoms with van der Waals surface area (Å²) in [7, 11) is -2.24. The number of likely N-dealkylation sites (N-methyl/N-ethyl adjacent to an activating group) is 1. The highest BCUT2D eigenvalue weighted by Gasteiger charge is 2.32. The van der Waals surface area contributed by atoms with Gasteiger partial charge in [0.1, 0.15) is 5.75 Å². The standard InChI is InChI=1S/C34H44N4O7S/c1-24-21-38(25(2)23-39)34(41)30-20-28(36-33(40)27-15-17-35-18-16-27)13-14-31(30)45-26(3)10-8-9-19-44-32(24)22-37(4)46(42,43)29-11-6-5-7-12-29/h5-7,11-18,20,24-26,32,39H,8-10,19,21-23H2,1-4H3,(H,36,40)/t24-,25+,26-,32-/m1/s1. The molecule has 12 heteroatoms. The van der Waals surface area contributed by atoms with E-state index in [-0.39, 0.29) is 48.1 Å². The maximum absolute atomic E-state index is 14.3. The Morgan fingerprint density at radius 3 is 2.52 bits per heavy atom. The first kappa shape index (κ1) is 35.0. The summed E-state index contributed by atoms with van der Waals surface area (Å²) in [5, 5.41) is 13.0. The number of aromatic nitrogens is 1. The van der Waals surface area contributed by atoms with Gasteiger partial charge < -0.3 is 24.8 Å². The molecule has 4 atom stereocenters. The Labute approximate surface area is 271 Å². The topological polar surface area (TPSA) is 138 Å². The average molecular weight is 653 g/mol. The summed E-state index contributed by atoms with van der Waals surface area (Å²) < 4.78 is 40.5. The summed E-state index contributed by atoms with van der Waals surface area (Å²) in [6, 6.07) is 15.8. The van der Waals surface area contributed by atoms with Gasteiger partial charge in [-0.3, -0.25) is 14.6 Å². The average Bonchev–Trinajstić information content (AvgIpc) is 3.06. The molecule has 0 radical (unpaired) electrons. The van der Waals surface area contributed by atoms with Crippen LogP contribution in [0.4, 0.5) is 5.69 Å². The third-order valence-corrected chi connectivity index (χ3v) is 9.98. The second kappa shape index (κ2) is 16.1. The first-order chi connectivity index (χ1) is 22.0. The number of amides is 2. The predicted octanol–water partition coefficient (Wildman–Crippen LogP) is 4.45. The van der Waals surface area contributed by atoms with Crippen LogP contribution in [0.2, 0.25) is 0 Å². The third kappa shape index (κ3) is 8.91. The number of benzene rings is 2. The molecule has 0 spiro atoms. The van der Waals surface area contributed by atoms with E-state index in [1.165, 1.54) is 23.7 Å². The smallest absolute Gasteiger partial charge is 0.258 e. The summed E-state index contributed by atoms with van der Waals surface area (Å²) in [5.41, 5.74) is 1.07. The van der Waals surface area contributed by atoms with E-state index in [0.29, 0.717) is 30.0 Å². The van der Waals surface area contributed by atoms with Crippen LogP contribution in [0.25, 0.3) is 0 Å². The van der Waals surface area contributed by atoms with E-state index in [2.05, 4.69) is 10.3 Å². The summed E-state index contributed by atoms with van der Waals surface area (Å²) in [6.45, 7) is 5.96. The van der Waals surface area contributed by atoms with Crippen LogP contribution in [-0.4, -0.2) is 91.1 Å². The lowest BCUT2D eigenvalue weighted by atomic mass is 10.0. The lowest BCUT2D eigenvalue weighted by Crippen LogP contribution is -2.48. The van der Waals surface area contributed by atoms with Gasteiger partial charge >= 0.3 is 0 Å². The molecule has 2 aromatic carbocycles. The number of nitrogens with zero attached hydrogens (tertiary/aromatic N) is 3. The Kier molecular flexibility index (Phi) is 12.3. The first-order valence-corrected chi connectivity index (χ1v) is 17.0. The highest BCUT2D eigenvalue weighted by atomic mass is 32.2. The van der Waals surface area contributed by atoms with Gasteiger partial charge in [0.15, 0.2) is 0 Å². The summed E-state index contributed by atoms with van der Waals surface area (Å²) in [4.78, 5) is 32.9. The van der Waals surface area contributed by atoms with Crippen molar-refractivity contribution in [2.75, 3.05) is 38.7 Å². The molecule has 0 aliphatic carbocycles. The monoisotopic (exact) mass is 652 g/mol. The number of nitrogens with one attached hydrogen (secondary N) is 1. The number of hydrogen-bond donors (Lipinski definition) is 2. The van der Waals surface area contributed by atoms with Crippen LogP contribution in [0.15, 0.2) is 78.0 Å². The van der Waals surface area contributed by atoms with Crippen LogP contribution < -0.4 is 10.1 Å². The van der Waals surface area contributed by atoms with Gasteiger partial charge in [0.05, 0.1) is 35.3 Å². The van der Waals surface area contributed by atoms with Crippen molar-refractivity contribution in [3.05, 3.63) is 84.2 Å². The largest absolute Gasteiger partial charge is 0.490 e. The van der Waals surface area contributed by atoms with Crippen LogP contribution in [0.1, 0.15) is 60.7 Å². The zero-order chi connectivity index (χ0) is 33.3. The number of rotatable bonds is 8. The van der Waals surface area contributed by atoms with E-state index in [9.17, 15) is 23.1 Å². The van der Waals surface area contributed by atoms with Crippen molar-refractivity contribution in [1.29, 1.82) is 0 Å². The molecule has 3 aromatic rings. The van der Waals surface area contributed by atoms with E-state index in [1.54, 1.807) is 72.5 Å². The number of carbonyl (C=O) groups excluding carboxylic acids is 2. The van der Waals surface area contributed by atoms with Gasteiger partial charge in [-0.1, -0.05) is 25.1 Å². The van der Waals surface area contributed by atoms with Crippen LogP contribution in [0.3, 0.4) is 0 Å². The minimum Gasteiger partial charge on any atom is -0.490 e. The number of aliphatic hydroxyl groups excluding tert-OH is 1. The molecular formula is C34H44N4O7S. The number of sulfonamides is 1. The Bertz CT molecular complexity index is 1560. The molecule has 46 heavy (non-hydrogen) atoms. The summed E-state index contributed by atoms with van der Waals surface area (Å²) in [6.07, 6.45) is 4.55. The molecule has 4 rings (SSSR count). The van der Waals surface area contributed by atoms with Crippen LogP contribution >= 0.6 is 0 Å². The number of hydrogen-bond acceptors (Lipinski definition) is 8. The number of carbonyl (C=O) groups is 2. The molecule has 1 aliphatic heterocycles. The van der Waals surface area contributed by atoms with Crippen molar-refractivity contribution in [3.63, 3.8) is 0 Å². The molecule has 0 fully saturated rings. The first-order valence-electron chi connectivity index (χ1n) is 15.6. The number of fused-ring (bicyclic) bond motifs is 1. The lowest BCUT2D eigenvalue weighted by Gasteiger charge is -2.35. The fourth-order valence-corrected chi connectivity index (χ4v) is 6.50. The molecule has 0 saturated heterocycles. The molecule has 0 saturated carbocycles. The molecule has 11 nitrogen and oxygen atoms in total. The number of anilines is 1. The summed E-state index contributed by atoms with van der Waals surface area (Å²) >= 11 is 0. The van der Waals surface area contributed by atoms with Crippen LogP contribution in [0, 0.1) is 5.92 Å². The second-order valence-electron chi connectivity index (χ2n) is 11.8. The molecule has 2 amide bonds. The lowest BCUT2D eigenvalue weighted by molar-refractivity contribution is -0.00834. The van der Waals surface area contributed by atoms with Gasteiger partial charge in [-0.2, -0.15) is 4.31 Å². The Hall–Kier alpha value is -3.84. The van der Waals surface area contributed by atoms with Gasteiger partial charge in [0.25, 0.3) is 11.8 Å². The van der Waals surface area contributed by atoms with Crippen molar-refractivity contribution in [2.24, 2.45) is 5.92 Å². The van der Waals surface area contributed by atoms with Gasteiger partial charge in [-0.25, -0.2) is 8.42 Å². The van der Waals surface area contributed by atoms with E-state index < -0.39 is 28.1 Å². The number of ether oxygens (including phenoxy) is 2. The molecule has 0 unspecified atom stereocenters. The molecule has 2 heterocycles. The second-order valence-corrected chi connectivity index (χ2v) is 13.8. The van der Waals surface area contributed by atoms with Gasteiger partial charge in [0.2, 0.25) is 10.0 Å². The highest BCUT2D eigenvalue weighted by Crippen LogP contribution is 2.29. The molecule has 2 N–H and O–H groups in total. The zero-order valence-electron chi connectivity index (χ0n) is 26.8. The maximum Gasteiger partial charge on any atom is 0.258 e. The van der Waals surface area contributed by atoms with E-state index in [1.807, 2.05) is 13.8 Å². The molecule has 0 bridgehead atoms. The van der Waals surface area contributed by atoms with Crippen LogP contribution in [-0.2, 0) is 14.8 Å². The van der Waals surface area contributed by atoms with Crippen molar-refractivity contribution in [3.8, 4) is 5.75 Å². The Morgan fingerprint density at radius 1 is 1.11 bits per heavy atom. The number of aliphatic hydroxyl groups is 1. The minimum absolute atomic E-state index is 0.0786. The minimum atomic E-state index is -3.77. The molecular weight excluding hydrogens is 608 g/mol. The molecule has 1 aromatic heterocycles. The van der Waals surface area contributed by atoms with Gasteiger partial charge in [-0.05, 0) is 75.6 Å². The number of pyridine rings is 1. The fraction of sp³-hybridized carbons (Fsp3) is 0.441. The predicted molar refractivity (Wildman–Crippen MR) is 175 cm³/mol. The normalized spacial score (nSPS) is 20.7. The van der Waals surface area contributed by atoms with Crippen molar-refractivity contribution in [1.82, 2.24) is 14.2 Å². The molecule has 1 aliphatic rings. The SMILES string of the molecule is C[C@@H]1CCCCO[C@H](CN(C)S(=O)(=O)c2ccccc2)[C@H](C)CN([C@@H](C)CO)C(=O)c2cc(NC(=O)c3ccncc3)ccc2O1. The maximum atomic E-state index is 14.3. The quantitative estimate of drug-likeness (QED) is 0.364. The van der Waals surface area contributed by atoms with E-state index in [4.69, 9.17) is 9.47 Å². The fourth-order valence-electron chi connectivity index (χ4n) is 5.29. The Balaban J connectivity index is 1.65. The van der Waals surface area contributed by atoms with Crippen molar-refractivity contribution >= 4 is 27.5 Å². The molecule has 248 valence electrons. The zero-order valence-corrected chi connectivity index (χ0v) is 27.7.